The molecule has 21 heavy (non-hydrogen) atoms. The molecular formula is C16H20N2O3. The van der Waals surface area contributed by atoms with Crippen molar-refractivity contribution < 1.29 is 14.7 Å². The van der Waals surface area contributed by atoms with Crippen molar-refractivity contribution in [1.29, 1.82) is 0 Å². The number of anilines is 1. The molecule has 1 saturated carbocycles. The van der Waals surface area contributed by atoms with Gasteiger partial charge in [-0.05, 0) is 24.5 Å². The van der Waals surface area contributed by atoms with Crippen LogP contribution in [0.1, 0.15) is 37.7 Å². The number of carbonyl (C=O) groups excluding carboxylic acids is 1. The predicted octanol–water partition coefficient (Wildman–Crippen LogP) is 1.93. The number of carbonyl (C=O) groups is 2. The van der Waals surface area contributed by atoms with Crippen LogP contribution in [0, 0.1) is 0 Å². The average Bonchev–Trinajstić information content (AvgIpc) is 3.04. The van der Waals surface area contributed by atoms with Gasteiger partial charge in [0.1, 0.15) is 6.04 Å². The smallest absolute Gasteiger partial charge is 0.305 e. The van der Waals surface area contributed by atoms with Crippen molar-refractivity contribution in [3.8, 4) is 0 Å². The first-order chi connectivity index (χ1) is 10.1. The van der Waals surface area contributed by atoms with Gasteiger partial charge in [-0.15, -0.1) is 0 Å². The molecule has 1 heterocycles. The summed E-state index contributed by atoms with van der Waals surface area (Å²) in [5.41, 5.74) is 1.58. The standard InChI is InChI=1S/C16H20N2O3/c19-14(20)10-16(7-3-4-8-16)18-15(21)13-9-11-5-1-2-6-12(11)17-13/h1-2,5-6,13,17H,3-4,7-10H2,(H,18,21)(H,19,20)/t13-/m0/s1. The van der Waals surface area contributed by atoms with E-state index in [1.165, 1.54) is 0 Å². The van der Waals surface area contributed by atoms with Gasteiger partial charge in [0.15, 0.2) is 0 Å². The molecule has 1 fully saturated rings. The minimum atomic E-state index is -0.847. The number of fused-ring (bicyclic) bond motifs is 1. The van der Waals surface area contributed by atoms with Crippen molar-refractivity contribution in [3.05, 3.63) is 29.8 Å². The number of hydrogen-bond acceptors (Lipinski definition) is 3. The number of nitrogens with one attached hydrogen (secondary N) is 2. The zero-order chi connectivity index (χ0) is 14.9. The fraction of sp³-hybridized carbons (Fsp3) is 0.500. The van der Waals surface area contributed by atoms with E-state index < -0.39 is 11.5 Å². The first kappa shape index (κ1) is 13.9. The molecule has 5 heteroatoms. The molecule has 112 valence electrons. The molecule has 0 saturated heterocycles. The Morgan fingerprint density at radius 3 is 2.67 bits per heavy atom. The van der Waals surface area contributed by atoms with Crippen LogP contribution in [-0.2, 0) is 16.0 Å². The normalized spacial score (nSPS) is 22.4. The zero-order valence-corrected chi connectivity index (χ0v) is 11.9. The van der Waals surface area contributed by atoms with E-state index in [2.05, 4.69) is 10.6 Å². The zero-order valence-electron chi connectivity index (χ0n) is 11.9. The van der Waals surface area contributed by atoms with Crippen LogP contribution in [0.15, 0.2) is 24.3 Å². The summed E-state index contributed by atoms with van der Waals surface area (Å²) >= 11 is 0. The monoisotopic (exact) mass is 288 g/mol. The lowest BCUT2D eigenvalue weighted by Crippen LogP contribution is -2.52. The van der Waals surface area contributed by atoms with Gasteiger partial charge in [-0.1, -0.05) is 31.0 Å². The number of aliphatic carboxylic acids is 1. The summed E-state index contributed by atoms with van der Waals surface area (Å²) in [4.78, 5) is 23.6. The highest BCUT2D eigenvalue weighted by Crippen LogP contribution is 2.33. The number of carboxylic acids is 1. The second kappa shape index (κ2) is 5.39. The number of amides is 1. The fourth-order valence-corrected chi connectivity index (χ4v) is 3.49. The predicted molar refractivity (Wildman–Crippen MR) is 79.2 cm³/mol. The molecule has 1 aromatic carbocycles. The highest BCUT2D eigenvalue weighted by molar-refractivity contribution is 5.88. The quantitative estimate of drug-likeness (QED) is 0.791. The molecule has 1 aliphatic carbocycles. The maximum atomic E-state index is 12.5. The van der Waals surface area contributed by atoms with Crippen molar-refractivity contribution in [2.24, 2.45) is 0 Å². The van der Waals surface area contributed by atoms with Crippen LogP contribution in [0.2, 0.25) is 0 Å². The Morgan fingerprint density at radius 2 is 2.00 bits per heavy atom. The summed E-state index contributed by atoms with van der Waals surface area (Å²) in [6, 6.07) is 7.58. The summed E-state index contributed by atoms with van der Waals surface area (Å²) in [5.74, 6) is -0.936. The number of para-hydroxylation sites is 1. The summed E-state index contributed by atoms with van der Waals surface area (Å²) < 4.78 is 0. The molecule has 1 atom stereocenters. The third kappa shape index (κ3) is 2.86. The van der Waals surface area contributed by atoms with Gasteiger partial charge in [0.05, 0.1) is 12.0 Å². The Bertz CT molecular complexity index is 539. The van der Waals surface area contributed by atoms with E-state index in [-0.39, 0.29) is 18.4 Å². The topological polar surface area (TPSA) is 78.4 Å². The molecule has 1 aromatic rings. The van der Waals surface area contributed by atoms with Crippen molar-refractivity contribution in [3.63, 3.8) is 0 Å². The number of carboxylic acid groups (broad SMARTS) is 1. The van der Waals surface area contributed by atoms with Crippen LogP contribution in [0.25, 0.3) is 0 Å². The van der Waals surface area contributed by atoms with Gasteiger partial charge in [0.25, 0.3) is 0 Å². The van der Waals surface area contributed by atoms with Crippen molar-refractivity contribution >= 4 is 17.6 Å². The second-order valence-corrected chi connectivity index (χ2v) is 6.11. The Morgan fingerprint density at radius 1 is 1.29 bits per heavy atom. The molecular weight excluding hydrogens is 268 g/mol. The van der Waals surface area contributed by atoms with Crippen LogP contribution in [0.4, 0.5) is 5.69 Å². The van der Waals surface area contributed by atoms with Gasteiger partial charge in [-0.25, -0.2) is 0 Å². The Kier molecular flexibility index (Phi) is 3.57. The summed E-state index contributed by atoms with van der Waals surface area (Å²) in [6.07, 6.45) is 4.14. The lowest BCUT2D eigenvalue weighted by Gasteiger charge is -2.30. The Hall–Kier alpha value is -2.04. The minimum absolute atomic E-state index is 0.0123. The lowest BCUT2D eigenvalue weighted by atomic mass is 9.92. The first-order valence-corrected chi connectivity index (χ1v) is 7.46. The van der Waals surface area contributed by atoms with Gasteiger partial charge < -0.3 is 15.7 Å². The van der Waals surface area contributed by atoms with E-state index in [1.54, 1.807) is 0 Å². The average molecular weight is 288 g/mol. The van der Waals surface area contributed by atoms with E-state index in [9.17, 15) is 9.59 Å². The van der Waals surface area contributed by atoms with Crippen LogP contribution < -0.4 is 10.6 Å². The van der Waals surface area contributed by atoms with Crippen LogP contribution in [0.5, 0.6) is 0 Å². The van der Waals surface area contributed by atoms with Gasteiger partial charge in [-0.3, -0.25) is 9.59 Å². The van der Waals surface area contributed by atoms with Crippen molar-refractivity contribution in [2.45, 2.75) is 50.1 Å². The van der Waals surface area contributed by atoms with E-state index in [1.807, 2.05) is 24.3 Å². The molecule has 0 unspecified atom stereocenters. The lowest BCUT2D eigenvalue weighted by molar-refractivity contribution is -0.139. The van der Waals surface area contributed by atoms with Gasteiger partial charge in [0, 0.05) is 12.1 Å². The van der Waals surface area contributed by atoms with Gasteiger partial charge >= 0.3 is 5.97 Å². The molecule has 1 amide bonds. The highest BCUT2D eigenvalue weighted by atomic mass is 16.4. The maximum Gasteiger partial charge on any atom is 0.305 e. The summed E-state index contributed by atoms with van der Waals surface area (Å²) in [7, 11) is 0. The molecule has 0 radical (unpaired) electrons. The molecule has 2 aliphatic rings. The fourth-order valence-electron chi connectivity index (χ4n) is 3.49. The maximum absolute atomic E-state index is 12.5. The second-order valence-electron chi connectivity index (χ2n) is 6.11. The van der Waals surface area contributed by atoms with Gasteiger partial charge in [0.2, 0.25) is 5.91 Å². The van der Waals surface area contributed by atoms with Crippen LogP contribution >= 0.6 is 0 Å². The minimum Gasteiger partial charge on any atom is -0.481 e. The molecule has 5 nitrogen and oxygen atoms in total. The summed E-state index contributed by atoms with van der Waals surface area (Å²) in [5, 5.41) is 15.3. The molecule has 0 bridgehead atoms. The molecule has 0 aromatic heterocycles. The SMILES string of the molecule is O=C(O)CC1(NC(=O)[C@@H]2Cc3ccccc3N2)CCCC1. The Labute approximate surface area is 123 Å². The van der Waals surface area contributed by atoms with Crippen molar-refractivity contribution in [1.82, 2.24) is 5.32 Å². The number of rotatable bonds is 4. The molecule has 0 spiro atoms. The van der Waals surface area contributed by atoms with Crippen molar-refractivity contribution in [2.75, 3.05) is 5.32 Å². The van der Waals surface area contributed by atoms with E-state index in [4.69, 9.17) is 5.11 Å². The molecule has 3 rings (SSSR count). The van der Waals surface area contributed by atoms with E-state index in [0.29, 0.717) is 6.42 Å². The molecule has 1 aliphatic heterocycles. The third-order valence-corrected chi connectivity index (χ3v) is 4.53. The number of hydrogen-bond donors (Lipinski definition) is 3. The van der Waals surface area contributed by atoms with E-state index in [0.717, 1.165) is 36.9 Å². The van der Waals surface area contributed by atoms with Crippen LogP contribution in [0.3, 0.4) is 0 Å². The first-order valence-electron chi connectivity index (χ1n) is 7.46. The Balaban J connectivity index is 1.68. The van der Waals surface area contributed by atoms with Gasteiger partial charge in [-0.2, -0.15) is 0 Å². The third-order valence-electron chi connectivity index (χ3n) is 4.53. The summed E-state index contributed by atoms with van der Waals surface area (Å²) in [6.45, 7) is 0. The highest BCUT2D eigenvalue weighted by Gasteiger charge is 2.39. The van der Waals surface area contributed by atoms with E-state index >= 15 is 0 Å². The largest absolute Gasteiger partial charge is 0.481 e. The van der Waals surface area contributed by atoms with Crippen LogP contribution in [-0.4, -0.2) is 28.6 Å². The number of benzene rings is 1. The molecule has 3 N–H and O–H groups in total.